The molecule has 0 radical (unpaired) electrons. The van der Waals surface area contributed by atoms with Gasteiger partial charge in [-0.15, -0.1) is 0 Å². The fourth-order valence-corrected chi connectivity index (χ4v) is 5.40. The van der Waals surface area contributed by atoms with E-state index >= 15 is 0 Å². The number of sulfonamides is 1. The zero-order chi connectivity index (χ0) is 27.0. The highest BCUT2D eigenvalue weighted by molar-refractivity contribution is 7.92. The van der Waals surface area contributed by atoms with Crippen LogP contribution in [0, 0.1) is 0 Å². The van der Waals surface area contributed by atoms with Crippen molar-refractivity contribution in [1.29, 1.82) is 0 Å². The number of hydrogen-bond donors (Lipinski definition) is 1. The Morgan fingerprint density at radius 2 is 1.54 bits per heavy atom. The SMILES string of the molecule is CCCNC(=O)C(C)N(Cc1ccccc1Cl)C(=O)CN(c1ccc(Cl)cc1)S(=O)(=O)c1ccccc1. The van der Waals surface area contributed by atoms with E-state index in [-0.39, 0.29) is 23.0 Å². The summed E-state index contributed by atoms with van der Waals surface area (Å²) in [7, 11) is -4.12. The number of nitrogens with one attached hydrogen (secondary N) is 1. The molecule has 1 unspecified atom stereocenters. The Kier molecular flexibility index (Phi) is 9.97. The number of anilines is 1. The van der Waals surface area contributed by atoms with Crippen molar-refractivity contribution in [3.63, 3.8) is 0 Å². The number of carbonyl (C=O) groups is 2. The maximum atomic E-state index is 13.8. The lowest BCUT2D eigenvalue weighted by atomic mass is 10.1. The molecule has 37 heavy (non-hydrogen) atoms. The minimum atomic E-state index is -4.12. The van der Waals surface area contributed by atoms with Crippen LogP contribution >= 0.6 is 23.2 Å². The van der Waals surface area contributed by atoms with Gasteiger partial charge in [-0.1, -0.05) is 66.5 Å². The number of hydrogen-bond acceptors (Lipinski definition) is 4. The summed E-state index contributed by atoms with van der Waals surface area (Å²) in [5.74, 6) is -0.903. The molecule has 7 nitrogen and oxygen atoms in total. The second-order valence-corrected chi connectivity index (χ2v) is 11.1. The standard InChI is InChI=1S/C27H29Cl2N3O4S/c1-3-17-30-27(34)20(2)31(18-21-9-7-8-12-25(21)29)26(33)19-32(23-15-13-22(28)14-16-23)37(35,36)24-10-5-4-6-11-24/h4-16,20H,3,17-19H2,1-2H3,(H,30,34). The molecule has 0 saturated carbocycles. The van der Waals surface area contributed by atoms with Crippen molar-refractivity contribution in [2.45, 2.75) is 37.8 Å². The minimum Gasteiger partial charge on any atom is -0.354 e. The Morgan fingerprint density at radius 3 is 2.16 bits per heavy atom. The van der Waals surface area contributed by atoms with Crippen LogP contribution < -0.4 is 9.62 Å². The molecule has 2 amide bonds. The van der Waals surface area contributed by atoms with E-state index in [2.05, 4.69) is 5.32 Å². The maximum Gasteiger partial charge on any atom is 0.264 e. The van der Waals surface area contributed by atoms with E-state index in [9.17, 15) is 18.0 Å². The molecule has 1 N–H and O–H groups in total. The van der Waals surface area contributed by atoms with E-state index in [0.29, 0.717) is 22.2 Å². The second-order valence-electron chi connectivity index (χ2n) is 8.38. The van der Waals surface area contributed by atoms with Gasteiger partial charge in [0, 0.05) is 23.1 Å². The lowest BCUT2D eigenvalue weighted by molar-refractivity contribution is -0.139. The first-order valence-electron chi connectivity index (χ1n) is 11.8. The predicted octanol–water partition coefficient (Wildman–Crippen LogP) is 5.13. The van der Waals surface area contributed by atoms with Crippen LogP contribution in [-0.2, 0) is 26.2 Å². The zero-order valence-corrected chi connectivity index (χ0v) is 22.9. The molecule has 1 atom stereocenters. The van der Waals surface area contributed by atoms with E-state index < -0.39 is 28.5 Å². The monoisotopic (exact) mass is 561 g/mol. The summed E-state index contributed by atoms with van der Waals surface area (Å²) in [6.07, 6.45) is 0.733. The Labute approximate surface area is 228 Å². The quantitative estimate of drug-likeness (QED) is 0.351. The molecule has 3 aromatic carbocycles. The van der Waals surface area contributed by atoms with Gasteiger partial charge in [-0.3, -0.25) is 13.9 Å². The van der Waals surface area contributed by atoms with Crippen LogP contribution in [0.25, 0.3) is 0 Å². The number of amides is 2. The van der Waals surface area contributed by atoms with Crippen LogP contribution in [0.15, 0.2) is 83.8 Å². The fraction of sp³-hybridized carbons (Fsp3) is 0.259. The van der Waals surface area contributed by atoms with Crippen LogP contribution in [0.5, 0.6) is 0 Å². The van der Waals surface area contributed by atoms with Crippen molar-refractivity contribution in [2.75, 3.05) is 17.4 Å². The van der Waals surface area contributed by atoms with E-state index in [1.54, 1.807) is 61.5 Å². The molecule has 3 aromatic rings. The second kappa shape index (κ2) is 12.9. The molecular formula is C27H29Cl2N3O4S. The highest BCUT2D eigenvalue weighted by atomic mass is 35.5. The third-order valence-electron chi connectivity index (χ3n) is 5.74. The molecule has 0 bridgehead atoms. The summed E-state index contributed by atoms with van der Waals surface area (Å²) in [5, 5.41) is 3.67. The molecule has 196 valence electrons. The minimum absolute atomic E-state index is 0.0268. The third-order valence-corrected chi connectivity index (χ3v) is 8.15. The van der Waals surface area contributed by atoms with Crippen LogP contribution in [0.3, 0.4) is 0 Å². The first-order valence-corrected chi connectivity index (χ1v) is 14.0. The topological polar surface area (TPSA) is 86.8 Å². The highest BCUT2D eigenvalue weighted by Crippen LogP contribution is 2.26. The van der Waals surface area contributed by atoms with Gasteiger partial charge in [-0.05, 0) is 61.4 Å². The average molecular weight is 563 g/mol. The van der Waals surface area contributed by atoms with Crippen molar-refractivity contribution in [1.82, 2.24) is 10.2 Å². The molecule has 0 aliphatic heterocycles. The predicted molar refractivity (Wildman–Crippen MR) is 147 cm³/mol. The van der Waals surface area contributed by atoms with E-state index in [0.717, 1.165) is 10.7 Å². The molecule has 0 aliphatic rings. The first-order chi connectivity index (χ1) is 17.6. The molecule has 0 aromatic heterocycles. The lowest BCUT2D eigenvalue weighted by Gasteiger charge is -2.32. The van der Waals surface area contributed by atoms with Crippen molar-refractivity contribution in [2.24, 2.45) is 0 Å². The van der Waals surface area contributed by atoms with Crippen LogP contribution in [0.1, 0.15) is 25.8 Å². The third kappa shape index (κ3) is 7.25. The van der Waals surface area contributed by atoms with Crippen LogP contribution in [-0.4, -0.2) is 44.3 Å². The maximum absolute atomic E-state index is 13.8. The van der Waals surface area contributed by atoms with E-state index in [4.69, 9.17) is 23.2 Å². The van der Waals surface area contributed by atoms with Gasteiger partial charge >= 0.3 is 0 Å². The Balaban J connectivity index is 2.01. The van der Waals surface area contributed by atoms with Gasteiger partial charge in [0.1, 0.15) is 12.6 Å². The zero-order valence-electron chi connectivity index (χ0n) is 20.6. The summed E-state index contributed by atoms with van der Waals surface area (Å²) in [6.45, 7) is 3.48. The summed E-state index contributed by atoms with van der Waals surface area (Å²) < 4.78 is 28.3. The Bertz CT molecular complexity index is 1320. The van der Waals surface area contributed by atoms with Gasteiger partial charge in [0.05, 0.1) is 10.6 Å². The molecule has 0 heterocycles. The molecule has 0 aliphatic carbocycles. The molecular weight excluding hydrogens is 533 g/mol. The van der Waals surface area contributed by atoms with Crippen molar-refractivity contribution >= 4 is 50.7 Å². The van der Waals surface area contributed by atoms with Crippen molar-refractivity contribution in [3.8, 4) is 0 Å². The highest BCUT2D eigenvalue weighted by Gasteiger charge is 2.32. The van der Waals surface area contributed by atoms with Crippen LogP contribution in [0.4, 0.5) is 5.69 Å². The van der Waals surface area contributed by atoms with Gasteiger partial charge in [-0.25, -0.2) is 8.42 Å². The summed E-state index contributed by atoms with van der Waals surface area (Å²) in [6, 6.07) is 20.2. The molecule has 3 rings (SSSR count). The number of benzene rings is 3. The number of carbonyl (C=O) groups excluding carboxylic acids is 2. The van der Waals surface area contributed by atoms with Gasteiger partial charge in [-0.2, -0.15) is 0 Å². The number of nitrogens with zero attached hydrogens (tertiary/aromatic N) is 2. The summed E-state index contributed by atoms with van der Waals surface area (Å²) >= 11 is 12.4. The van der Waals surface area contributed by atoms with E-state index in [1.807, 2.05) is 6.92 Å². The Hall–Kier alpha value is -3.07. The Morgan fingerprint density at radius 1 is 0.919 bits per heavy atom. The molecule has 0 spiro atoms. The smallest absolute Gasteiger partial charge is 0.264 e. The summed E-state index contributed by atoms with van der Waals surface area (Å²) in [4.78, 5) is 28.0. The molecule has 0 saturated heterocycles. The van der Waals surface area contributed by atoms with Crippen LogP contribution in [0.2, 0.25) is 10.0 Å². The molecule has 10 heteroatoms. The number of rotatable bonds is 11. The largest absolute Gasteiger partial charge is 0.354 e. The van der Waals surface area contributed by atoms with Gasteiger partial charge in [0.15, 0.2) is 0 Å². The fourth-order valence-electron chi connectivity index (χ4n) is 3.64. The number of halogens is 2. The first kappa shape index (κ1) is 28.5. The van der Waals surface area contributed by atoms with E-state index in [1.165, 1.54) is 29.2 Å². The van der Waals surface area contributed by atoms with Gasteiger partial charge in [0.25, 0.3) is 10.0 Å². The van der Waals surface area contributed by atoms with Gasteiger partial charge in [0.2, 0.25) is 11.8 Å². The average Bonchev–Trinajstić information content (AvgIpc) is 2.90. The normalized spacial score (nSPS) is 12.0. The van der Waals surface area contributed by atoms with Crippen molar-refractivity contribution < 1.29 is 18.0 Å². The van der Waals surface area contributed by atoms with Gasteiger partial charge < -0.3 is 10.2 Å². The molecule has 0 fully saturated rings. The van der Waals surface area contributed by atoms with Crippen molar-refractivity contribution in [3.05, 3.63) is 94.5 Å². The lowest BCUT2D eigenvalue weighted by Crippen LogP contribution is -2.51. The summed E-state index contributed by atoms with van der Waals surface area (Å²) in [5.41, 5.74) is 0.902.